The van der Waals surface area contributed by atoms with Crippen molar-refractivity contribution in [2.24, 2.45) is 4.99 Å². The minimum atomic E-state index is 0.0465. The van der Waals surface area contributed by atoms with E-state index in [4.69, 9.17) is 4.52 Å². The summed E-state index contributed by atoms with van der Waals surface area (Å²) < 4.78 is 7.17. The molecule has 2 rings (SSSR count). The van der Waals surface area contributed by atoms with Crippen LogP contribution < -0.4 is 16.2 Å². The first-order valence-corrected chi connectivity index (χ1v) is 10.3. The van der Waals surface area contributed by atoms with Crippen molar-refractivity contribution in [3.05, 3.63) is 52.3 Å². The van der Waals surface area contributed by atoms with Gasteiger partial charge >= 0.3 is 0 Å². The standard InChI is InChI=1S/C21H33N5O2/c1-4-17(5-2)19-15-18(28-25-19)16-24-21(22-6-3)23-12-8-10-14-26-13-9-7-11-20(26)27/h7,9,11,13,15,17H,4-6,8,10,12,14,16H2,1-3H3,(H2,22,23,24). The van der Waals surface area contributed by atoms with Gasteiger partial charge in [-0.3, -0.25) is 4.79 Å². The molecule has 0 aliphatic heterocycles. The van der Waals surface area contributed by atoms with Crippen LogP contribution in [0.25, 0.3) is 0 Å². The van der Waals surface area contributed by atoms with Gasteiger partial charge in [-0.2, -0.15) is 0 Å². The zero-order valence-electron chi connectivity index (χ0n) is 17.3. The second-order valence-corrected chi connectivity index (χ2v) is 6.79. The molecule has 0 amide bonds. The van der Waals surface area contributed by atoms with Gasteiger partial charge in [-0.25, -0.2) is 4.99 Å². The molecule has 0 aromatic carbocycles. The monoisotopic (exact) mass is 387 g/mol. The van der Waals surface area contributed by atoms with E-state index in [2.05, 4.69) is 34.6 Å². The third-order valence-electron chi connectivity index (χ3n) is 4.74. The fourth-order valence-electron chi connectivity index (χ4n) is 3.06. The summed E-state index contributed by atoms with van der Waals surface area (Å²) in [5.74, 6) is 1.99. The topological polar surface area (TPSA) is 84.4 Å². The van der Waals surface area contributed by atoms with E-state index < -0.39 is 0 Å². The largest absolute Gasteiger partial charge is 0.359 e. The molecular formula is C21H33N5O2. The number of nitrogens with one attached hydrogen (secondary N) is 2. The fraction of sp³-hybridized carbons (Fsp3) is 0.571. The highest BCUT2D eigenvalue weighted by atomic mass is 16.5. The van der Waals surface area contributed by atoms with Crippen molar-refractivity contribution >= 4 is 5.96 Å². The van der Waals surface area contributed by atoms with Gasteiger partial charge in [0.25, 0.3) is 0 Å². The summed E-state index contributed by atoms with van der Waals surface area (Å²) in [4.78, 5) is 16.3. The van der Waals surface area contributed by atoms with Crippen LogP contribution in [0.4, 0.5) is 0 Å². The molecule has 0 saturated carbocycles. The van der Waals surface area contributed by atoms with Crippen LogP contribution >= 0.6 is 0 Å². The Morgan fingerprint density at radius 1 is 1.21 bits per heavy atom. The van der Waals surface area contributed by atoms with Crippen molar-refractivity contribution in [3.8, 4) is 0 Å². The van der Waals surface area contributed by atoms with Crippen molar-refractivity contribution in [2.45, 2.75) is 65.5 Å². The van der Waals surface area contributed by atoms with Crippen LogP contribution in [0.15, 0.2) is 44.8 Å². The summed E-state index contributed by atoms with van der Waals surface area (Å²) in [6.45, 7) is 9.15. The first-order valence-electron chi connectivity index (χ1n) is 10.3. The predicted octanol–water partition coefficient (Wildman–Crippen LogP) is 3.28. The number of aryl methyl sites for hydroxylation is 1. The lowest BCUT2D eigenvalue weighted by atomic mass is 9.99. The lowest BCUT2D eigenvalue weighted by Gasteiger charge is -2.11. The average Bonchev–Trinajstić information content (AvgIpc) is 3.17. The van der Waals surface area contributed by atoms with E-state index >= 15 is 0 Å². The fourth-order valence-corrected chi connectivity index (χ4v) is 3.06. The Kier molecular flexibility index (Phi) is 9.31. The average molecular weight is 388 g/mol. The Bertz CT molecular complexity index is 777. The molecule has 0 aliphatic carbocycles. The summed E-state index contributed by atoms with van der Waals surface area (Å²) in [5.41, 5.74) is 1.06. The van der Waals surface area contributed by atoms with Crippen LogP contribution in [0.3, 0.4) is 0 Å². The van der Waals surface area contributed by atoms with Gasteiger partial charge in [-0.1, -0.05) is 25.1 Å². The smallest absolute Gasteiger partial charge is 0.250 e. The molecular weight excluding hydrogens is 354 g/mol. The Hall–Kier alpha value is -2.57. The van der Waals surface area contributed by atoms with E-state index in [-0.39, 0.29) is 5.56 Å². The van der Waals surface area contributed by atoms with Gasteiger partial charge in [-0.15, -0.1) is 0 Å². The van der Waals surface area contributed by atoms with E-state index in [9.17, 15) is 4.79 Å². The Balaban J connectivity index is 1.79. The maximum absolute atomic E-state index is 11.7. The highest BCUT2D eigenvalue weighted by Crippen LogP contribution is 2.22. The second-order valence-electron chi connectivity index (χ2n) is 6.79. The normalized spacial score (nSPS) is 11.8. The van der Waals surface area contributed by atoms with E-state index in [1.54, 1.807) is 16.7 Å². The molecule has 7 heteroatoms. The van der Waals surface area contributed by atoms with Crippen LogP contribution in [-0.2, 0) is 13.1 Å². The molecule has 28 heavy (non-hydrogen) atoms. The van der Waals surface area contributed by atoms with Crippen molar-refractivity contribution in [3.63, 3.8) is 0 Å². The van der Waals surface area contributed by atoms with Crippen molar-refractivity contribution in [2.75, 3.05) is 13.1 Å². The molecule has 2 N–H and O–H groups in total. The minimum Gasteiger partial charge on any atom is -0.359 e. The van der Waals surface area contributed by atoms with Crippen LogP contribution in [0.5, 0.6) is 0 Å². The van der Waals surface area contributed by atoms with Crippen molar-refractivity contribution in [1.82, 2.24) is 20.4 Å². The molecule has 0 atom stereocenters. The number of unbranched alkanes of at least 4 members (excludes halogenated alkanes) is 1. The van der Waals surface area contributed by atoms with Gasteiger partial charge in [0.05, 0.1) is 5.69 Å². The zero-order valence-corrected chi connectivity index (χ0v) is 17.3. The molecule has 0 bridgehead atoms. The summed E-state index contributed by atoms with van der Waals surface area (Å²) in [5, 5.41) is 10.8. The first kappa shape index (κ1) is 21.7. The molecule has 0 fully saturated rings. The number of nitrogens with zero attached hydrogens (tertiary/aromatic N) is 3. The molecule has 0 saturated heterocycles. The molecule has 154 valence electrons. The first-order chi connectivity index (χ1) is 13.7. The molecule has 2 aromatic rings. The molecule has 0 unspecified atom stereocenters. The maximum atomic E-state index is 11.7. The van der Waals surface area contributed by atoms with Gasteiger partial charge in [0.15, 0.2) is 11.7 Å². The third-order valence-corrected chi connectivity index (χ3v) is 4.74. The summed E-state index contributed by atoms with van der Waals surface area (Å²) in [6.07, 6.45) is 5.83. The number of aliphatic imine (C=N–C) groups is 1. The van der Waals surface area contributed by atoms with E-state index in [1.165, 1.54) is 0 Å². The molecule has 7 nitrogen and oxygen atoms in total. The van der Waals surface area contributed by atoms with Crippen LogP contribution in [0, 0.1) is 0 Å². The van der Waals surface area contributed by atoms with Crippen LogP contribution in [0.2, 0.25) is 0 Å². The highest BCUT2D eigenvalue weighted by Gasteiger charge is 2.12. The van der Waals surface area contributed by atoms with Gasteiger partial charge in [0.2, 0.25) is 5.56 Å². The van der Waals surface area contributed by atoms with Gasteiger partial charge in [-0.05, 0) is 38.7 Å². The van der Waals surface area contributed by atoms with Gasteiger partial charge in [0, 0.05) is 43.9 Å². The number of hydrogen-bond acceptors (Lipinski definition) is 4. The summed E-state index contributed by atoms with van der Waals surface area (Å²) >= 11 is 0. The molecule has 0 spiro atoms. The molecule has 0 aliphatic rings. The molecule has 0 radical (unpaired) electrons. The lowest BCUT2D eigenvalue weighted by molar-refractivity contribution is 0.372. The maximum Gasteiger partial charge on any atom is 0.250 e. The van der Waals surface area contributed by atoms with Crippen molar-refractivity contribution in [1.29, 1.82) is 0 Å². The molecule has 2 aromatic heterocycles. The molecule has 2 heterocycles. The highest BCUT2D eigenvalue weighted by molar-refractivity contribution is 5.79. The predicted molar refractivity (Wildman–Crippen MR) is 113 cm³/mol. The SMILES string of the molecule is CCNC(=NCc1cc(C(CC)CC)no1)NCCCCn1ccccc1=O. The Labute approximate surface area is 167 Å². The Morgan fingerprint density at radius 2 is 2.04 bits per heavy atom. The quantitative estimate of drug-likeness (QED) is 0.351. The number of rotatable bonds is 11. The van der Waals surface area contributed by atoms with E-state index in [0.717, 1.165) is 62.7 Å². The number of hydrogen-bond donors (Lipinski definition) is 2. The lowest BCUT2D eigenvalue weighted by Crippen LogP contribution is -2.37. The zero-order chi connectivity index (χ0) is 20.2. The van der Waals surface area contributed by atoms with Gasteiger partial charge < -0.3 is 19.7 Å². The number of pyridine rings is 1. The summed E-state index contributed by atoms with van der Waals surface area (Å²) in [7, 11) is 0. The minimum absolute atomic E-state index is 0.0465. The van der Waals surface area contributed by atoms with E-state index in [0.29, 0.717) is 12.5 Å². The number of aromatic nitrogens is 2. The van der Waals surface area contributed by atoms with E-state index in [1.807, 2.05) is 25.3 Å². The van der Waals surface area contributed by atoms with Crippen LogP contribution in [0.1, 0.15) is 63.8 Å². The Morgan fingerprint density at radius 3 is 2.75 bits per heavy atom. The van der Waals surface area contributed by atoms with Crippen molar-refractivity contribution < 1.29 is 4.52 Å². The summed E-state index contributed by atoms with van der Waals surface area (Å²) in [6, 6.07) is 7.25. The third kappa shape index (κ3) is 6.87. The van der Waals surface area contributed by atoms with Crippen LogP contribution in [-0.4, -0.2) is 28.8 Å². The second kappa shape index (κ2) is 12.0. The van der Waals surface area contributed by atoms with Gasteiger partial charge in [0.1, 0.15) is 6.54 Å². The number of guanidine groups is 1.